The van der Waals surface area contributed by atoms with Crippen LogP contribution in [0.4, 0.5) is 4.39 Å². The number of halogens is 1. The van der Waals surface area contributed by atoms with E-state index in [2.05, 4.69) is 5.32 Å². The molecule has 1 N–H and O–H groups in total. The lowest BCUT2D eigenvalue weighted by Gasteiger charge is -2.17. The number of amides is 1. The fraction of sp³-hybridized carbons (Fsp3) is 0.533. The summed E-state index contributed by atoms with van der Waals surface area (Å²) in [6.45, 7) is 0. The van der Waals surface area contributed by atoms with E-state index in [4.69, 9.17) is 0 Å². The number of thioether (sulfide) groups is 1. The molecule has 0 radical (unpaired) electrons. The molecular weight excluding hydrogens is 261 g/mol. The number of carbonyl (C=O) groups is 1. The van der Waals surface area contributed by atoms with E-state index in [-0.39, 0.29) is 11.7 Å². The molecule has 19 heavy (non-hydrogen) atoms. The Hall–Kier alpha value is -1.03. The molecule has 3 rings (SSSR count). The minimum atomic E-state index is -0.249. The summed E-state index contributed by atoms with van der Waals surface area (Å²) >= 11 is 1.27. The molecule has 2 aliphatic carbocycles. The molecule has 0 atom stereocenters. The van der Waals surface area contributed by atoms with Gasteiger partial charge in [-0.1, -0.05) is 12.1 Å². The summed E-state index contributed by atoms with van der Waals surface area (Å²) in [4.78, 5) is 12.5. The van der Waals surface area contributed by atoms with Crippen LogP contribution in [0.5, 0.6) is 0 Å². The van der Waals surface area contributed by atoms with Crippen LogP contribution in [-0.2, 0) is 4.79 Å². The highest BCUT2D eigenvalue weighted by Crippen LogP contribution is 2.44. The Kier molecular flexibility index (Phi) is 3.78. The van der Waals surface area contributed by atoms with Crippen LogP contribution in [0, 0.1) is 17.7 Å². The van der Waals surface area contributed by atoms with E-state index in [0.29, 0.717) is 28.5 Å². The minimum absolute atomic E-state index is 0.0389. The van der Waals surface area contributed by atoms with Crippen LogP contribution in [0.15, 0.2) is 29.2 Å². The first-order valence-electron chi connectivity index (χ1n) is 6.91. The quantitative estimate of drug-likeness (QED) is 0.810. The molecule has 0 aliphatic heterocycles. The molecule has 0 aromatic heterocycles. The first-order valence-corrected chi connectivity index (χ1v) is 7.89. The lowest BCUT2D eigenvalue weighted by Crippen LogP contribution is -2.39. The zero-order chi connectivity index (χ0) is 13.2. The summed E-state index contributed by atoms with van der Waals surface area (Å²) in [6, 6.07) is 6.98. The fourth-order valence-corrected chi connectivity index (χ4v) is 3.21. The summed E-state index contributed by atoms with van der Waals surface area (Å²) in [5.41, 5.74) is 0. The van der Waals surface area contributed by atoms with Crippen molar-refractivity contribution in [3.05, 3.63) is 30.1 Å². The molecule has 2 nitrogen and oxygen atoms in total. The van der Waals surface area contributed by atoms with Crippen molar-refractivity contribution < 1.29 is 9.18 Å². The van der Waals surface area contributed by atoms with Crippen molar-refractivity contribution in [1.82, 2.24) is 5.32 Å². The van der Waals surface area contributed by atoms with Gasteiger partial charge >= 0.3 is 0 Å². The van der Waals surface area contributed by atoms with Crippen LogP contribution in [-0.4, -0.2) is 17.7 Å². The molecule has 1 amide bonds. The van der Waals surface area contributed by atoms with Gasteiger partial charge in [-0.05, 0) is 49.7 Å². The van der Waals surface area contributed by atoms with E-state index < -0.39 is 0 Å². The monoisotopic (exact) mass is 279 g/mol. The van der Waals surface area contributed by atoms with Crippen LogP contribution in [0.25, 0.3) is 0 Å². The molecule has 0 heterocycles. The summed E-state index contributed by atoms with van der Waals surface area (Å²) in [5.74, 6) is 1.50. The largest absolute Gasteiger partial charge is 0.352 e. The van der Waals surface area contributed by atoms with E-state index in [1.54, 1.807) is 18.2 Å². The number of carbonyl (C=O) groups excluding carboxylic acids is 1. The van der Waals surface area contributed by atoms with Crippen molar-refractivity contribution >= 4 is 17.7 Å². The first-order chi connectivity index (χ1) is 9.24. The molecule has 2 saturated carbocycles. The van der Waals surface area contributed by atoms with Gasteiger partial charge in [-0.2, -0.15) is 0 Å². The molecule has 2 aliphatic rings. The molecule has 0 unspecified atom stereocenters. The SMILES string of the molecule is O=C(CSc1ccccc1F)NC(C1CC1)C1CC1. The number of hydrogen-bond donors (Lipinski definition) is 1. The Bertz CT molecular complexity index is 459. The summed E-state index contributed by atoms with van der Waals surface area (Å²) in [5, 5.41) is 3.15. The Morgan fingerprint density at radius 3 is 2.47 bits per heavy atom. The number of rotatable bonds is 6. The van der Waals surface area contributed by atoms with Gasteiger partial charge in [-0.3, -0.25) is 4.79 Å². The van der Waals surface area contributed by atoms with Crippen molar-refractivity contribution in [2.75, 3.05) is 5.75 Å². The molecular formula is C15H18FNOS. The van der Waals surface area contributed by atoms with Gasteiger partial charge in [0.15, 0.2) is 0 Å². The predicted octanol–water partition coefficient (Wildman–Crippen LogP) is 3.22. The number of nitrogens with one attached hydrogen (secondary N) is 1. The van der Waals surface area contributed by atoms with Crippen molar-refractivity contribution in [2.45, 2.75) is 36.6 Å². The van der Waals surface area contributed by atoms with Gasteiger partial charge in [0.1, 0.15) is 5.82 Å². The Labute approximate surface area is 117 Å². The van der Waals surface area contributed by atoms with Gasteiger partial charge in [-0.25, -0.2) is 4.39 Å². The maximum absolute atomic E-state index is 13.4. The van der Waals surface area contributed by atoms with Crippen molar-refractivity contribution in [3.63, 3.8) is 0 Å². The Balaban J connectivity index is 1.49. The van der Waals surface area contributed by atoms with Crippen LogP contribution in [0.3, 0.4) is 0 Å². The highest BCUT2D eigenvalue weighted by Gasteiger charge is 2.42. The second-order valence-corrected chi connectivity index (χ2v) is 6.50. The fourth-order valence-electron chi connectivity index (χ4n) is 2.46. The zero-order valence-corrected chi connectivity index (χ0v) is 11.6. The number of hydrogen-bond acceptors (Lipinski definition) is 2. The molecule has 2 fully saturated rings. The lowest BCUT2D eigenvalue weighted by molar-refractivity contribution is -0.119. The number of benzene rings is 1. The van der Waals surface area contributed by atoms with Crippen LogP contribution in [0.2, 0.25) is 0 Å². The van der Waals surface area contributed by atoms with Gasteiger partial charge in [-0.15, -0.1) is 11.8 Å². The van der Waals surface area contributed by atoms with E-state index >= 15 is 0 Å². The highest BCUT2D eigenvalue weighted by molar-refractivity contribution is 8.00. The highest BCUT2D eigenvalue weighted by atomic mass is 32.2. The molecule has 1 aromatic rings. The van der Waals surface area contributed by atoms with Gasteiger partial charge in [0.05, 0.1) is 5.75 Å². The predicted molar refractivity (Wildman–Crippen MR) is 74.5 cm³/mol. The third-order valence-corrected chi connectivity index (χ3v) is 4.83. The molecule has 0 spiro atoms. The molecule has 102 valence electrons. The van der Waals surface area contributed by atoms with Gasteiger partial charge in [0.2, 0.25) is 5.91 Å². The standard InChI is InChI=1S/C15H18FNOS/c16-12-3-1-2-4-13(12)19-9-14(18)17-15(10-5-6-10)11-7-8-11/h1-4,10-11,15H,5-9H2,(H,17,18). The molecule has 0 saturated heterocycles. The lowest BCUT2D eigenvalue weighted by atomic mass is 10.1. The topological polar surface area (TPSA) is 29.1 Å². The molecule has 1 aromatic carbocycles. The van der Waals surface area contributed by atoms with E-state index in [1.807, 2.05) is 0 Å². The molecule has 0 bridgehead atoms. The Morgan fingerprint density at radius 1 is 1.26 bits per heavy atom. The van der Waals surface area contributed by atoms with Gasteiger partial charge < -0.3 is 5.32 Å². The second-order valence-electron chi connectivity index (χ2n) is 5.49. The summed E-state index contributed by atoms with van der Waals surface area (Å²) < 4.78 is 13.4. The van der Waals surface area contributed by atoms with E-state index in [1.165, 1.54) is 43.5 Å². The van der Waals surface area contributed by atoms with Gasteiger partial charge in [0, 0.05) is 10.9 Å². The van der Waals surface area contributed by atoms with Crippen LogP contribution in [0.1, 0.15) is 25.7 Å². The zero-order valence-electron chi connectivity index (χ0n) is 10.8. The molecule has 4 heteroatoms. The third-order valence-electron chi connectivity index (χ3n) is 3.78. The smallest absolute Gasteiger partial charge is 0.230 e. The van der Waals surface area contributed by atoms with Crippen molar-refractivity contribution in [2.24, 2.45) is 11.8 Å². The van der Waals surface area contributed by atoms with Crippen molar-refractivity contribution in [3.8, 4) is 0 Å². The third kappa shape index (κ3) is 3.50. The van der Waals surface area contributed by atoms with Crippen molar-refractivity contribution in [1.29, 1.82) is 0 Å². The maximum atomic E-state index is 13.4. The Morgan fingerprint density at radius 2 is 1.89 bits per heavy atom. The average Bonchev–Trinajstić information content (AvgIpc) is 3.28. The average molecular weight is 279 g/mol. The maximum Gasteiger partial charge on any atom is 0.230 e. The summed E-state index contributed by atoms with van der Waals surface area (Å²) in [6.07, 6.45) is 5.01. The van der Waals surface area contributed by atoms with E-state index in [9.17, 15) is 9.18 Å². The summed E-state index contributed by atoms with van der Waals surface area (Å²) in [7, 11) is 0. The van der Waals surface area contributed by atoms with Crippen LogP contribution >= 0.6 is 11.8 Å². The second kappa shape index (κ2) is 5.53. The van der Waals surface area contributed by atoms with Gasteiger partial charge in [0.25, 0.3) is 0 Å². The normalized spacial score (nSPS) is 18.6. The minimum Gasteiger partial charge on any atom is -0.352 e. The van der Waals surface area contributed by atoms with E-state index in [0.717, 1.165) is 0 Å². The first kappa shape index (κ1) is 13.0. The van der Waals surface area contributed by atoms with Crippen LogP contribution < -0.4 is 5.32 Å².